The van der Waals surface area contributed by atoms with Gasteiger partial charge in [-0.3, -0.25) is 4.79 Å². The largest absolute Gasteiger partial charge is 0.493 e. The fourth-order valence-electron chi connectivity index (χ4n) is 1.64. The van der Waals surface area contributed by atoms with Gasteiger partial charge in [-0.25, -0.2) is 0 Å². The Balaban J connectivity index is 1.82. The van der Waals surface area contributed by atoms with Crippen LogP contribution in [0.25, 0.3) is 0 Å². The summed E-state index contributed by atoms with van der Waals surface area (Å²) in [6.45, 7) is 0.299. The Morgan fingerprint density at radius 1 is 1.24 bits per heavy atom. The quantitative estimate of drug-likeness (QED) is 0.573. The molecule has 2 aromatic rings. The minimum Gasteiger partial charge on any atom is -0.493 e. The van der Waals surface area contributed by atoms with Gasteiger partial charge in [-0.1, -0.05) is 11.6 Å². The Bertz CT molecular complexity index is 632. The molecular formula is C15H14ClIN2O2. The highest BCUT2D eigenvalue weighted by atomic mass is 127. The third kappa shape index (κ3) is 5.09. The SMILES string of the molecule is Nc1ccc(Cl)cc1NC(=O)CCOc1ccc(I)cc1. The van der Waals surface area contributed by atoms with Gasteiger partial charge in [0.2, 0.25) is 5.91 Å². The van der Waals surface area contributed by atoms with E-state index < -0.39 is 0 Å². The van der Waals surface area contributed by atoms with Gasteiger partial charge in [0.05, 0.1) is 24.4 Å². The molecule has 0 fully saturated rings. The fraction of sp³-hybridized carbons (Fsp3) is 0.133. The molecular weight excluding hydrogens is 403 g/mol. The van der Waals surface area contributed by atoms with Crippen LogP contribution in [0.2, 0.25) is 5.02 Å². The molecule has 0 radical (unpaired) electrons. The van der Waals surface area contributed by atoms with Crippen molar-refractivity contribution in [2.75, 3.05) is 17.7 Å². The van der Waals surface area contributed by atoms with Crippen LogP contribution in [0.5, 0.6) is 5.75 Å². The maximum Gasteiger partial charge on any atom is 0.227 e. The number of amides is 1. The summed E-state index contributed by atoms with van der Waals surface area (Å²) in [5.41, 5.74) is 6.76. The first-order chi connectivity index (χ1) is 10.0. The van der Waals surface area contributed by atoms with Crippen LogP contribution in [0, 0.1) is 3.57 Å². The first-order valence-corrected chi connectivity index (χ1v) is 7.73. The van der Waals surface area contributed by atoms with Crippen molar-refractivity contribution < 1.29 is 9.53 Å². The van der Waals surface area contributed by atoms with Crippen LogP contribution in [-0.4, -0.2) is 12.5 Å². The molecule has 0 heterocycles. The molecule has 0 bridgehead atoms. The molecule has 0 saturated heterocycles. The van der Waals surface area contributed by atoms with E-state index in [1.165, 1.54) is 0 Å². The molecule has 110 valence electrons. The van der Waals surface area contributed by atoms with Crippen molar-refractivity contribution in [2.24, 2.45) is 0 Å². The Hall–Kier alpha value is -1.47. The summed E-state index contributed by atoms with van der Waals surface area (Å²) in [4.78, 5) is 11.8. The molecule has 0 aliphatic heterocycles. The van der Waals surface area contributed by atoms with Crippen molar-refractivity contribution in [1.82, 2.24) is 0 Å². The minimum absolute atomic E-state index is 0.172. The lowest BCUT2D eigenvalue weighted by Crippen LogP contribution is -2.16. The van der Waals surface area contributed by atoms with E-state index in [0.29, 0.717) is 23.0 Å². The summed E-state index contributed by atoms with van der Waals surface area (Å²) in [5, 5.41) is 3.24. The minimum atomic E-state index is -0.172. The molecule has 4 nitrogen and oxygen atoms in total. The van der Waals surface area contributed by atoms with Gasteiger partial charge in [-0.15, -0.1) is 0 Å². The topological polar surface area (TPSA) is 64.3 Å². The number of halogens is 2. The Morgan fingerprint density at radius 2 is 1.95 bits per heavy atom. The fourth-order valence-corrected chi connectivity index (χ4v) is 2.17. The van der Waals surface area contributed by atoms with E-state index in [1.54, 1.807) is 18.2 Å². The average Bonchev–Trinajstić information content (AvgIpc) is 2.45. The highest BCUT2D eigenvalue weighted by molar-refractivity contribution is 14.1. The number of nitrogens with one attached hydrogen (secondary N) is 1. The molecule has 2 aromatic carbocycles. The summed E-state index contributed by atoms with van der Waals surface area (Å²) in [6, 6.07) is 12.6. The normalized spacial score (nSPS) is 10.2. The van der Waals surface area contributed by atoms with Crippen LogP contribution in [0.4, 0.5) is 11.4 Å². The summed E-state index contributed by atoms with van der Waals surface area (Å²) in [5.74, 6) is 0.569. The standard InChI is InChI=1S/C15H14ClIN2O2/c16-10-1-6-13(18)14(9-10)19-15(20)7-8-21-12-4-2-11(17)3-5-12/h1-6,9H,7-8,18H2,(H,19,20). The van der Waals surface area contributed by atoms with Crippen LogP contribution in [-0.2, 0) is 4.79 Å². The number of rotatable bonds is 5. The van der Waals surface area contributed by atoms with E-state index >= 15 is 0 Å². The van der Waals surface area contributed by atoms with E-state index in [9.17, 15) is 4.79 Å². The first kappa shape index (κ1) is 15.9. The number of nitrogen functional groups attached to an aromatic ring is 1. The van der Waals surface area contributed by atoms with Gasteiger partial charge in [0.15, 0.2) is 0 Å². The lowest BCUT2D eigenvalue weighted by atomic mass is 10.2. The number of ether oxygens (including phenoxy) is 1. The van der Waals surface area contributed by atoms with Gasteiger partial charge in [0.25, 0.3) is 0 Å². The predicted molar refractivity (Wildman–Crippen MR) is 93.8 cm³/mol. The number of hydrogen-bond acceptors (Lipinski definition) is 3. The molecule has 0 aromatic heterocycles. The summed E-state index contributed by atoms with van der Waals surface area (Å²) in [6.07, 6.45) is 0.234. The van der Waals surface area contributed by atoms with Crippen molar-refractivity contribution in [1.29, 1.82) is 0 Å². The summed E-state index contributed by atoms with van der Waals surface area (Å²) < 4.78 is 6.64. The molecule has 21 heavy (non-hydrogen) atoms. The second kappa shape index (κ2) is 7.51. The summed E-state index contributed by atoms with van der Waals surface area (Å²) >= 11 is 8.09. The van der Waals surface area contributed by atoms with E-state index in [2.05, 4.69) is 27.9 Å². The van der Waals surface area contributed by atoms with E-state index in [0.717, 1.165) is 9.32 Å². The van der Waals surface area contributed by atoms with Crippen molar-refractivity contribution in [3.05, 3.63) is 51.1 Å². The lowest BCUT2D eigenvalue weighted by molar-refractivity contribution is -0.116. The van der Waals surface area contributed by atoms with Crippen LogP contribution < -0.4 is 15.8 Å². The molecule has 2 rings (SSSR count). The molecule has 6 heteroatoms. The van der Waals surface area contributed by atoms with E-state index in [-0.39, 0.29) is 12.3 Å². The zero-order valence-corrected chi connectivity index (χ0v) is 14.0. The average molecular weight is 417 g/mol. The highest BCUT2D eigenvalue weighted by Crippen LogP contribution is 2.23. The molecule has 1 amide bonds. The lowest BCUT2D eigenvalue weighted by Gasteiger charge is -2.09. The molecule has 0 unspecified atom stereocenters. The number of benzene rings is 2. The van der Waals surface area contributed by atoms with Gasteiger partial charge in [0, 0.05) is 8.59 Å². The third-order valence-electron chi connectivity index (χ3n) is 2.70. The third-order valence-corrected chi connectivity index (χ3v) is 3.66. The van der Waals surface area contributed by atoms with Gasteiger partial charge >= 0.3 is 0 Å². The maximum atomic E-state index is 11.8. The van der Waals surface area contributed by atoms with Gasteiger partial charge < -0.3 is 15.8 Å². The molecule has 0 aliphatic carbocycles. The predicted octanol–water partition coefficient (Wildman–Crippen LogP) is 3.93. The molecule has 0 aliphatic rings. The van der Waals surface area contributed by atoms with Crippen LogP contribution in [0.3, 0.4) is 0 Å². The number of hydrogen-bond donors (Lipinski definition) is 2. The number of carbonyl (C=O) groups excluding carboxylic acids is 1. The number of nitrogens with two attached hydrogens (primary N) is 1. The smallest absolute Gasteiger partial charge is 0.227 e. The van der Waals surface area contributed by atoms with E-state index in [1.807, 2.05) is 24.3 Å². The van der Waals surface area contributed by atoms with Crippen molar-refractivity contribution >= 4 is 51.5 Å². The molecule has 0 atom stereocenters. The Morgan fingerprint density at radius 3 is 2.67 bits per heavy atom. The van der Waals surface area contributed by atoms with Crippen molar-refractivity contribution in [3.8, 4) is 5.75 Å². The number of anilines is 2. The van der Waals surface area contributed by atoms with Gasteiger partial charge in [-0.2, -0.15) is 0 Å². The second-order valence-corrected chi connectivity index (χ2v) is 6.01. The van der Waals surface area contributed by atoms with Crippen LogP contribution in [0.15, 0.2) is 42.5 Å². The van der Waals surface area contributed by atoms with Crippen LogP contribution in [0.1, 0.15) is 6.42 Å². The molecule has 3 N–H and O–H groups in total. The first-order valence-electron chi connectivity index (χ1n) is 6.28. The highest BCUT2D eigenvalue weighted by Gasteiger charge is 2.06. The Labute approximate surface area is 141 Å². The zero-order chi connectivity index (χ0) is 15.2. The van der Waals surface area contributed by atoms with Gasteiger partial charge in [-0.05, 0) is 65.1 Å². The van der Waals surface area contributed by atoms with E-state index in [4.69, 9.17) is 22.1 Å². The summed E-state index contributed by atoms with van der Waals surface area (Å²) in [7, 11) is 0. The number of carbonyl (C=O) groups is 1. The Kier molecular flexibility index (Phi) is 5.69. The van der Waals surface area contributed by atoms with Crippen molar-refractivity contribution in [2.45, 2.75) is 6.42 Å². The van der Waals surface area contributed by atoms with Crippen LogP contribution >= 0.6 is 34.2 Å². The monoisotopic (exact) mass is 416 g/mol. The van der Waals surface area contributed by atoms with Crippen molar-refractivity contribution in [3.63, 3.8) is 0 Å². The second-order valence-electron chi connectivity index (χ2n) is 4.33. The van der Waals surface area contributed by atoms with Gasteiger partial charge in [0.1, 0.15) is 5.75 Å². The zero-order valence-electron chi connectivity index (χ0n) is 11.1. The molecule has 0 spiro atoms. The molecule has 0 saturated carbocycles. The maximum absolute atomic E-state index is 11.8.